The van der Waals surface area contributed by atoms with Crippen LogP contribution in [0.2, 0.25) is 0 Å². The Balaban J connectivity index is 3.78. The van der Waals surface area contributed by atoms with Gasteiger partial charge in [0.1, 0.15) is 12.2 Å². The van der Waals surface area contributed by atoms with Gasteiger partial charge in [-0.1, -0.05) is 141 Å². The Morgan fingerprint density at radius 3 is 1.44 bits per heavy atom. The van der Waals surface area contributed by atoms with E-state index < -0.39 is 18.8 Å². The summed E-state index contributed by atoms with van der Waals surface area (Å²) in [6.07, 6.45) is 36.8. The maximum Gasteiger partial charge on any atom is 0.306 e. The van der Waals surface area contributed by atoms with Crippen molar-refractivity contribution < 1.29 is 19.7 Å². The van der Waals surface area contributed by atoms with Crippen LogP contribution in [0, 0.1) is 0 Å². The minimum Gasteiger partial charge on any atom is -0.455 e. The second kappa shape index (κ2) is 31.4. The van der Waals surface area contributed by atoms with Crippen LogP contribution in [0.25, 0.3) is 0 Å². The van der Waals surface area contributed by atoms with Crippen molar-refractivity contribution in [1.29, 1.82) is 0 Å². The lowest BCUT2D eigenvalue weighted by Gasteiger charge is -2.18. The van der Waals surface area contributed by atoms with Gasteiger partial charge in [0.25, 0.3) is 0 Å². The van der Waals surface area contributed by atoms with Crippen molar-refractivity contribution in [3.8, 4) is 0 Å². The van der Waals surface area contributed by atoms with Crippen LogP contribution < -0.4 is 0 Å². The molecule has 0 aliphatic carbocycles. The van der Waals surface area contributed by atoms with Crippen LogP contribution in [0.3, 0.4) is 0 Å². The molecule has 0 saturated heterocycles. The first-order chi connectivity index (χ1) is 19.2. The Kier molecular flexibility index (Phi) is 30.5. The van der Waals surface area contributed by atoms with Gasteiger partial charge in [-0.25, -0.2) is 0 Å². The fourth-order valence-electron chi connectivity index (χ4n) is 4.88. The van der Waals surface area contributed by atoms with Gasteiger partial charge < -0.3 is 14.9 Å². The molecule has 0 amide bonds. The Hall–Kier alpha value is -1.13. The van der Waals surface area contributed by atoms with Crippen molar-refractivity contribution in [3.05, 3.63) is 24.3 Å². The lowest BCUT2D eigenvalue weighted by molar-refractivity contribution is -0.152. The van der Waals surface area contributed by atoms with Gasteiger partial charge in [-0.05, 0) is 51.0 Å². The molecule has 0 saturated carbocycles. The highest BCUT2D eigenvalue weighted by Gasteiger charge is 2.19. The van der Waals surface area contributed by atoms with Gasteiger partial charge in [0.15, 0.2) is 0 Å². The number of aliphatic hydroxyl groups is 2. The normalized spacial score (nSPS) is 13.4. The quantitative estimate of drug-likeness (QED) is 0.0530. The van der Waals surface area contributed by atoms with Crippen molar-refractivity contribution in [3.63, 3.8) is 0 Å². The summed E-state index contributed by atoms with van der Waals surface area (Å²) in [7, 11) is 0. The summed E-state index contributed by atoms with van der Waals surface area (Å²) in [5, 5.41) is 19.4. The first kappa shape index (κ1) is 37.9. The average molecular weight is 551 g/mol. The van der Waals surface area contributed by atoms with Crippen LogP contribution >= 0.6 is 0 Å². The molecule has 0 radical (unpaired) electrons. The summed E-state index contributed by atoms with van der Waals surface area (Å²) in [4.78, 5) is 12.3. The molecule has 0 aromatic heterocycles. The number of aliphatic hydroxyl groups excluding tert-OH is 2. The van der Waals surface area contributed by atoms with E-state index in [1.165, 1.54) is 116 Å². The number of rotatable bonds is 30. The van der Waals surface area contributed by atoms with E-state index in [-0.39, 0.29) is 5.97 Å². The molecule has 230 valence electrons. The van der Waals surface area contributed by atoms with Gasteiger partial charge in [0, 0.05) is 6.42 Å². The van der Waals surface area contributed by atoms with E-state index in [0.717, 1.165) is 38.5 Å². The number of esters is 1. The molecule has 0 heterocycles. The highest BCUT2D eigenvalue weighted by atomic mass is 16.6. The number of hydrogen-bond donors (Lipinski definition) is 2. The molecule has 2 atom stereocenters. The van der Waals surface area contributed by atoms with Crippen LogP contribution in [-0.2, 0) is 9.53 Å². The molecule has 39 heavy (non-hydrogen) atoms. The average Bonchev–Trinajstić information content (AvgIpc) is 2.94. The molecular formula is C35H66O4. The molecule has 0 aromatic rings. The number of allylic oxidation sites excluding steroid dienone is 3. The third kappa shape index (κ3) is 28.2. The summed E-state index contributed by atoms with van der Waals surface area (Å²) in [5.74, 6) is -0.284. The molecule has 0 aromatic carbocycles. The van der Waals surface area contributed by atoms with E-state index in [2.05, 4.69) is 26.0 Å². The number of hydrogen-bond acceptors (Lipinski definition) is 4. The van der Waals surface area contributed by atoms with Crippen LogP contribution in [0.1, 0.15) is 174 Å². The molecule has 0 rings (SSSR count). The van der Waals surface area contributed by atoms with E-state index in [9.17, 15) is 15.0 Å². The zero-order valence-corrected chi connectivity index (χ0v) is 26.1. The summed E-state index contributed by atoms with van der Waals surface area (Å²) in [5.41, 5.74) is 0. The number of carbonyl (C=O) groups is 1. The number of unbranched alkanes of at least 4 members (excludes halogenated alkanes) is 21. The Morgan fingerprint density at radius 1 is 0.590 bits per heavy atom. The monoisotopic (exact) mass is 550 g/mol. The van der Waals surface area contributed by atoms with Crippen molar-refractivity contribution in [1.82, 2.24) is 0 Å². The molecule has 0 bridgehead atoms. The maximum atomic E-state index is 12.3. The molecule has 2 unspecified atom stereocenters. The summed E-state index contributed by atoms with van der Waals surface area (Å²) >= 11 is 0. The standard InChI is InChI=1S/C35H66O4/c1-3-5-7-9-11-13-15-17-19-20-22-24-26-28-30-34(33(37)32-36)39-35(38)31-29-27-25-23-21-18-16-14-12-10-8-6-4-2/h14,16,28,30,33-34,36-37H,3-13,15,17-27,29,31-32H2,1-2H3/b16-14-,30-28?. The third-order valence-electron chi connectivity index (χ3n) is 7.53. The van der Waals surface area contributed by atoms with Crippen LogP contribution in [-0.4, -0.2) is 35.0 Å². The Labute approximate surface area is 243 Å². The zero-order valence-electron chi connectivity index (χ0n) is 26.1. The minimum atomic E-state index is -1.06. The van der Waals surface area contributed by atoms with Crippen LogP contribution in [0.5, 0.6) is 0 Å². The zero-order chi connectivity index (χ0) is 28.7. The van der Waals surface area contributed by atoms with Gasteiger partial charge in [-0.15, -0.1) is 0 Å². The largest absolute Gasteiger partial charge is 0.455 e. The van der Waals surface area contributed by atoms with Crippen LogP contribution in [0.15, 0.2) is 24.3 Å². The maximum absolute atomic E-state index is 12.3. The molecule has 4 nitrogen and oxygen atoms in total. The predicted molar refractivity (Wildman–Crippen MR) is 168 cm³/mol. The molecule has 0 fully saturated rings. The topological polar surface area (TPSA) is 66.8 Å². The van der Waals surface area contributed by atoms with Gasteiger partial charge in [0.05, 0.1) is 6.61 Å². The molecule has 2 N–H and O–H groups in total. The number of carbonyl (C=O) groups excluding carboxylic acids is 1. The second-order valence-corrected chi connectivity index (χ2v) is 11.4. The van der Waals surface area contributed by atoms with E-state index >= 15 is 0 Å². The molecule has 0 aliphatic rings. The van der Waals surface area contributed by atoms with Crippen molar-refractivity contribution >= 4 is 5.97 Å². The predicted octanol–water partition coefficient (Wildman–Crippen LogP) is 10.2. The molecule has 4 heteroatoms. The first-order valence-corrected chi connectivity index (χ1v) is 17.0. The van der Waals surface area contributed by atoms with Gasteiger partial charge in [0.2, 0.25) is 0 Å². The molecular weight excluding hydrogens is 484 g/mol. The minimum absolute atomic E-state index is 0.284. The lowest BCUT2D eigenvalue weighted by atomic mass is 10.0. The Morgan fingerprint density at radius 2 is 0.974 bits per heavy atom. The smallest absolute Gasteiger partial charge is 0.306 e. The Bertz CT molecular complexity index is 557. The van der Waals surface area contributed by atoms with E-state index in [1.807, 2.05) is 6.08 Å². The first-order valence-electron chi connectivity index (χ1n) is 17.0. The summed E-state index contributed by atoms with van der Waals surface area (Å²) in [6, 6.07) is 0. The molecule has 0 spiro atoms. The third-order valence-corrected chi connectivity index (χ3v) is 7.53. The second-order valence-electron chi connectivity index (χ2n) is 11.4. The van der Waals surface area contributed by atoms with Crippen molar-refractivity contribution in [2.75, 3.05) is 6.61 Å². The van der Waals surface area contributed by atoms with E-state index in [0.29, 0.717) is 6.42 Å². The van der Waals surface area contributed by atoms with Gasteiger partial charge in [-0.2, -0.15) is 0 Å². The fourth-order valence-corrected chi connectivity index (χ4v) is 4.88. The van der Waals surface area contributed by atoms with Crippen LogP contribution in [0.4, 0.5) is 0 Å². The highest BCUT2D eigenvalue weighted by Crippen LogP contribution is 2.14. The van der Waals surface area contributed by atoms with E-state index in [1.54, 1.807) is 6.08 Å². The lowest BCUT2D eigenvalue weighted by Crippen LogP contribution is -2.32. The van der Waals surface area contributed by atoms with E-state index in [4.69, 9.17) is 4.74 Å². The molecule has 0 aliphatic heterocycles. The number of ether oxygens (including phenoxy) is 1. The van der Waals surface area contributed by atoms with Crippen molar-refractivity contribution in [2.24, 2.45) is 0 Å². The SMILES string of the molecule is CCCCCC/C=C\CCCCCCCC(=O)OC(C=CCCCCCCCCCCCCCC)C(O)CO. The van der Waals surface area contributed by atoms with Gasteiger partial charge >= 0.3 is 5.97 Å². The highest BCUT2D eigenvalue weighted by molar-refractivity contribution is 5.69. The summed E-state index contributed by atoms with van der Waals surface area (Å²) in [6.45, 7) is 4.10. The summed E-state index contributed by atoms with van der Waals surface area (Å²) < 4.78 is 5.48. The van der Waals surface area contributed by atoms with Crippen molar-refractivity contribution in [2.45, 2.75) is 187 Å². The van der Waals surface area contributed by atoms with Gasteiger partial charge in [-0.3, -0.25) is 4.79 Å². The fraction of sp³-hybridized carbons (Fsp3) is 0.857.